The smallest absolute Gasteiger partial charge is 0.323 e. The summed E-state index contributed by atoms with van der Waals surface area (Å²) in [6.45, 7) is 6.82. The molecule has 4 aromatic rings. The van der Waals surface area contributed by atoms with Crippen molar-refractivity contribution in [1.29, 1.82) is 0 Å². The molecular weight excluding hydrogens is 757 g/mol. The number of ether oxygens (including phenoxy) is 2. The van der Waals surface area contributed by atoms with E-state index in [2.05, 4.69) is 30.4 Å². The van der Waals surface area contributed by atoms with Gasteiger partial charge in [0.2, 0.25) is 0 Å². The topological polar surface area (TPSA) is 143 Å². The molecule has 2 saturated carbocycles. The molecule has 4 heterocycles. The second kappa shape index (κ2) is 18.0. The van der Waals surface area contributed by atoms with Crippen LogP contribution in [0.25, 0.3) is 11.1 Å². The van der Waals surface area contributed by atoms with Crippen molar-refractivity contribution < 1.29 is 28.7 Å². The fourth-order valence-corrected chi connectivity index (χ4v) is 9.16. The third kappa shape index (κ3) is 9.00. The fraction of sp³-hybridized carbons (Fsp3) is 0.458. The number of nitrogens with one attached hydrogen (secondary N) is 2. The number of benzene rings is 2. The molecule has 2 saturated heterocycles. The highest BCUT2D eigenvalue weighted by Gasteiger charge is 2.34. The van der Waals surface area contributed by atoms with E-state index in [1.54, 1.807) is 0 Å². The largest absolute Gasteiger partial charge is 0.468 e. The van der Waals surface area contributed by atoms with Crippen molar-refractivity contribution in [2.75, 3.05) is 37.9 Å². The van der Waals surface area contributed by atoms with E-state index in [0.717, 1.165) is 122 Å². The Labute approximate surface area is 352 Å². The number of likely N-dealkylation sites (tertiary alicyclic amines) is 2. The van der Waals surface area contributed by atoms with Crippen LogP contribution in [0.1, 0.15) is 130 Å². The van der Waals surface area contributed by atoms with E-state index in [0.29, 0.717) is 47.7 Å². The number of carbonyl (C=O) groups excluding carboxylic acids is 4. The van der Waals surface area contributed by atoms with Crippen molar-refractivity contribution in [3.8, 4) is 11.1 Å². The van der Waals surface area contributed by atoms with Gasteiger partial charge in [-0.1, -0.05) is 37.1 Å². The highest BCUT2D eigenvalue weighted by molar-refractivity contribution is 6.05. The molecule has 60 heavy (non-hydrogen) atoms. The van der Waals surface area contributed by atoms with Gasteiger partial charge in [-0.15, -0.1) is 0 Å². The minimum atomic E-state index is -0.282. The Balaban J connectivity index is 0.971. The molecule has 0 unspecified atom stereocenters. The molecule has 2 aromatic heterocycles. The third-order valence-electron chi connectivity index (χ3n) is 12.9. The molecule has 8 rings (SSSR count). The van der Waals surface area contributed by atoms with E-state index in [9.17, 15) is 19.2 Å². The molecule has 4 fully saturated rings. The molecule has 12 nitrogen and oxygen atoms in total. The monoisotopic (exact) mass is 812 g/mol. The Morgan fingerprint density at radius 3 is 1.42 bits per heavy atom. The summed E-state index contributed by atoms with van der Waals surface area (Å²) in [5.74, 6) is -0.180. The number of amides is 2. The van der Waals surface area contributed by atoms with Gasteiger partial charge in [-0.2, -0.15) is 0 Å². The van der Waals surface area contributed by atoms with Crippen molar-refractivity contribution in [3.63, 3.8) is 0 Å². The number of aromatic nitrogens is 2. The number of methoxy groups -OCH3 is 2. The van der Waals surface area contributed by atoms with Gasteiger partial charge in [-0.25, -0.2) is 0 Å². The van der Waals surface area contributed by atoms with Crippen molar-refractivity contribution in [1.82, 2.24) is 19.8 Å². The minimum absolute atomic E-state index is 0.196. The van der Waals surface area contributed by atoms with Crippen LogP contribution in [-0.4, -0.2) is 82.9 Å². The number of nitrogens with zero attached hydrogens (tertiary/aromatic N) is 4. The Morgan fingerprint density at radius 1 is 0.617 bits per heavy atom. The van der Waals surface area contributed by atoms with Crippen LogP contribution in [-0.2, 0) is 32.2 Å². The van der Waals surface area contributed by atoms with Crippen molar-refractivity contribution >= 4 is 35.1 Å². The van der Waals surface area contributed by atoms with Crippen LogP contribution in [0, 0.1) is 13.8 Å². The second-order valence-corrected chi connectivity index (χ2v) is 17.0. The van der Waals surface area contributed by atoms with Gasteiger partial charge < -0.3 is 20.1 Å². The van der Waals surface area contributed by atoms with Crippen LogP contribution >= 0.6 is 0 Å². The van der Waals surface area contributed by atoms with E-state index < -0.39 is 0 Å². The molecule has 314 valence electrons. The van der Waals surface area contributed by atoms with Gasteiger partial charge in [0.05, 0.1) is 14.2 Å². The molecule has 2 N–H and O–H groups in total. The summed E-state index contributed by atoms with van der Waals surface area (Å²) in [6.07, 6.45) is 13.5. The summed E-state index contributed by atoms with van der Waals surface area (Å²) in [6, 6.07) is 15.0. The van der Waals surface area contributed by atoms with Crippen LogP contribution in [0.3, 0.4) is 0 Å². The summed E-state index contributed by atoms with van der Waals surface area (Å²) in [5.41, 5.74) is 10.1. The Hall–Kier alpha value is -5.46. The molecule has 0 radical (unpaired) electrons. The molecule has 2 atom stereocenters. The Kier molecular flexibility index (Phi) is 12.4. The molecule has 2 aliphatic carbocycles. The predicted octanol–water partition coefficient (Wildman–Crippen LogP) is 8.07. The maximum Gasteiger partial charge on any atom is 0.323 e. The second-order valence-electron chi connectivity index (χ2n) is 17.0. The summed E-state index contributed by atoms with van der Waals surface area (Å²) in [7, 11) is 2.89. The van der Waals surface area contributed by atoms with Gasteiger partial charge in [0.15, 0.2) is 0 Å². The normalized spacial score (nSPS) is 19.7. The zero-order valence-electron chi connectivity index (χ0n) is 35.2. The van der Waals surface area contributed by atoms with Gasteiger partial charge in [-0.05, 0) is 159 Å². The van der Waals surface area contributed by atoms with Crippen LogP contribution in [0.15, 0.2) is 60.9 Å². The minimum Gasteiger partial charge on any atom is -0.468 e. The maximum absolute atomic E-state index is 13.8. The summed E-state index contributed by atoms with van der Waals surface area (Å²) >= 11 is 0. The molecule has 0 bridgehead atoms. The molecular formula is C48H56N6O6. The number of rotatable bonds is 13. The lowest BCUT2D eigenvalue weighted by Crippen LogP contribution is -2.44. The predicted molar refractivity (Wildman–Crippen MR) is 230 cm³/mol. The van der Waals surface area contributed by atoms with Crippen molar-refractivity contribution in [2.24, 2.45) is 0 Å². The van der Waals surface area contributed by atoms with Crippen LogP contribution in [0.4, 0.5) is 11.4 Å². The number of pyridine rings is 2. The van der Waals surface area contributed by atoms with Gasteiger partial charge in [0.25, 0.3) is 11.8 Å². The van der Waals surface area contributed by atoms with Gasteiger partial charge in [-0.3, -0.25) is 38.9 Å². The zero-order chi connectivity index (χ0) is 41.9. The van der Waals surface area contributed by atoms with Gasteiger partial charge in [0, 0.05) is 36.9 Å². The van der Waals surface area contributed by atoms with Gasteiger partial charge >= 0.3 is 11.9 Å². The molecule has 2 aliphatic heterocycles. The van der Waals surface area contributed by atoms with Gasteiger partial charge in [0.1, 0.15) is 23.5 Å². The summed E-state index contributed by atoms with van der Waals surface area (Å²) < 4.78 is 10.2. The molecule has 0 spiro atoms. The van der Waals surface area contributed by atoms with E-state index in [1.165, 1.54) is 14.2 Å². The lowest BCUT2D eigenvalue weighted by atomic mass is 9.94. The molecule has 12 heteroatoms. The number of carbonyl (C=O) groups is 4. The number of anilines is 2. The lowest BCUT2D eigenvalue weighted by molar-refractivity contribution is -0.149. The first-order chi connectivity index (χ1) is 29.1. The quantitative estimate of drug-likeness (QED) is 0.127. The molecule has 2 aromatic carbocycles. The number of esters is 2. The van der Waals surface area contributed by atoms with E-state index in [1.807, 2.05) is 74.8 Å². The molecule has 2 amide bonds. The Morgan fingerprint density at radius 2 is 1.03 bits per heavy atom. The van der Waals surface area contributed by atoms with Crippen molar-refractivity contribution in [3.05, 3.63) is 106 Å². The maximum atomic E-state index is 13.8. The lowest BCUT2D eigenvalue weighted by Gasteiger charge is -2.34. The average Bonchev–Trinajstić information content (AvgIpc) is 4.21. The summed E-state index contributed by atoms with van der Waals surface area (Å²) in [5, 5.41) is 6.25. The van der Waals surface area contributed by atoms with Crippen LogP contribution in [0.2, 0.25) is 0 Å². The van der Waals surface area contributed by atoms with Crippen LogP contribution < -0.4 is 10.6 Å². The highest BCUT2D eigenvalue weighted by atomic mass is 16.5. The third-order valence-corrected chi connectivity index (χ3v) is 12.9. The average molecular weight is 813 g/mol. The van der Waals surface area contributed by atoms with Crippen molar-refractivity contribution in [2.45, 2.75) is 115 Å². The van der Waals surface area contributed by atoms with E-state index >= 15 is 0 Å². The first-order valence-electron chi connectivity index (χ1n) is 21.6. The summed E-state index contributed by atoms with van der Waals surface area (Å²) in [4.78, 5) is 66.3. The SMILES string of the molecule is COC(=O)[C@@H]1CCCCN1Cc1cnc(C(=O)Nc2cccc(-c3cccc(NC(=O)c4cc(C5CC5)c(CN5CCCC[C@H]5C(=O)OC)cn4)c3C)c2C)cc1C1CC1. The number of piperidine rings is 2. The standard InChI is InChI=1S/C48H56N6O6/c1-29-35(11-9-13-39(29)51-45(55)41-23-37(31-17-18-31)33(25-49-41)27-53-21-7-5-15-43(53)47(57)59-3)36-12-10-14-40(30(36)2)52-46(56)42-24-38(32-19-20-32)34(26-50-42)28-54-22-8-6-16-44(54)48(58)60-4/h9-14,23-26,31-32,43-44H,5-8,15-22,27-28H2,1-4H3,(H,51,55)(H,52,56)/t43-,44-/m0/s1. The number of hydrogen-bond acceptors (Lipinski definition) is 10. The fourth-order valence-electron chi connectivity index (χ4n) is 9.16. The Bertz CT molecular complexity index is 2130. The van der Waals surface area contributed by atoms with Crippen LogP contribution in [0.5, 0.6) is 0 Å². The first kappa shape index (κ1) is 41.3. The first-order valence-corrected chi connectivity index (χ1v) is 21.6. The molecule has 4 aliphatic rings. The van der Waals surface area contributed by atoms with E-state index in [-0.39, 0.29) is 35.8 Å². The number of hydrogen-bond donors (Lipinski definition) is 2. The highest BCUT2D eigenvalue weighted by Crippen LogP contribution is 2.44. The van der Waals surface area contributed by atoms with E-state index in [4.69, 9.17) is 9.47 Å². The zero-order valence-corrected chi connectivity index (χ0v) is 35.2.